The molecule has 0 aromatic heterocycles. The average Bonchev–Trinajstić information content (AvgIpc) is 2.46. The molecule has 0 aliphatic carbocycles. The lowest BCUT2D eigenvalue weighted by atomic mass is 10.1. The lowest BCUT2D eigenvalue weighted by Gasteiger charge is -2.17. The molecule has 0 aliphatic heterocycles. The van der Waals surface area contributed by atoms with E-state index in [9.17, 15) is 0 Å². The lowest BCUT2D eigenvalue weighted by molar-refractivity contribution is 1.13. The maximum Gasteiger partial charge on any atom is 0.107 e. The summed E-state index contributed by atoms with van der Waals surface area (Å²) in [5.41, 5.74) is 9.87. The van der Waals surface area contributed by atoms with Gasteiger partial charge in [-0.15, -0.1) is 11.8 Å². The highest BCUT2D eigenvalue weighted by atomic mass is 32.2. The molecule has 110 valence electrons. The monoisotopic (exact) mass is 317 g/mol. The summed E-state index contributed by atoms with van der Waals surface area (Å²) in [6.45, 7) is 0. The Labute approximate surface area is 135 Å². The highest BCUT2D eigenvalue weighted by Crippen LogP contribution is 2.30. The number of rotatable bonds is 5. The van der Waals surface area contributed by atoms with Gasteiger partial charge in [-0.05, 0) is 36.6 Å². The molecule has 0 bridgehead atoms. The zero-order valence-electron chi connectivity index (χ0n) is 12.4. The summed E-state index contributed by atoms with van der Waals surface area (Å²) in [6, 6.07) is 14.2. The third-order valence-electron chi connectivity index (χ3n) is 3.13. The summed E-state index contributed by atoms with van der Waals surface area (Å²) in [7, 11) is 4.04. The van der Waals surface area contributed by atoms with Crippen molar-refractivity contribution in [1.82, 2.24) is 0 Å². The number of nitrogens with zero attached hydrogens (tertiary/aromatic N) is 1. The summed E-state index contributed by atoms with van der Waals surface area (Å²) in [5.74, 6) is 0. The van der Waals surface area contributed by atoms with Crippen LogP contribution in [0.2, 0.25) is 0 Å². The second kappa shape index (κ2) is 6.83. The van der Waals surface area contributed by atoms with E-state index in [0.717, 1.165) is 27.5 Å². The Morgan fingerprint density at radius 3 is 2.52 bits per heavy atom. The van der Waals surface area contributed by atoms with Gasteiger partial charge in [-0.1, -0.05) is 24.4 Å². The Bertz CT molecular complexity index is 654. The van der Waals surface area contributed by atoms with E-state index in [-0.39, 0.29) is 0 Å². The first-order valence-electron chi connectivity index (χ1n) is 6.54. The van der Waals surface area contributed by atoms with Crippen LogP contribution in [-0.4, -0.2) is 25.3 Å². The predicted octanol–water partition coefficient (Wildman–Crippen LogP) is 3.85. The fraction of sp³-hybridized carbons (Fsp3) is 0.188. The normalized spacial score (nSPS) is 10.2. The molecule has 0 heterocycles. The Hall–Kier alpha value is -1.72. The number of hydrogen-bond donors (Lipinski definition) is 2. The van der Waals surface area contributed by atoms with Gasteiger partial charge in [0.05, 0.1) is 0 Å². The molecule has 0 aliphatic rings. The second-order valence-corrected chi connectivity index (χ2v) is 6.10. The summed E-state index contributed by atoms with van der Waals surface area (Å²) in [5, 5.41) is 3.42. The van der Waals surface area contributed by atoms with E-state index in [1.165, 1.54) is 0 Å². The molecule has 0 fully saturated rings. The average molecular weight is 317 g/mol. The van der Waals surface area contributed by atoms with Gasteiger partial charge in [-0.2, -0.15) is 0 Å². The minimum atomic E-state index is 0.409. The van der Waals surface area contributed by atoms with Gasteiger partial charge in [0, 0.05) is 41.6 Å². The number of thiocarbonyl (C=S) groups is 1. The first kappa shape index (κ1) is 15.7. The Morgan fingerprint density at radius 1 is 1.19 bits per heavy atom. The van der Waals surface area contributed by atoms with Crippen LogP contribution < -0.4 is 16.0 Å². The largest absolute Gasteiger partial charge is 0.389 e. The van der Waals surface area contributed by atoms with Crippen LogP contribution in [0.25, 0.3) is 0 Å². The number of benzene rings is 2. The van der Waals surface area contributed by atoms with Gasteiger partial charge in [-0.3, -0.25) is 0 Å². The van der Waals surface area contributed by atoms with Crippen molar-refractivity contribution in [3.63, 3.8) is 0 Å². The van der Waals surface area contributed by atoms with Crippen molar-refractivity contribution < 1.29 is 0 Å². The van der Waals surface area contributed by atoms with Crippen molar-refractivity contribution in [1.29, 1.82) is 0 Å². The predicted molar refractivity (Wildman–Crippen MR) is 98.2 cm³/mol. The third-order valence-corrected chi connectivity index (χ3v) is 4.12. The fourth-order valence-electron chi connectivity index (χ4n) is 2.08. The lowest BCUT2D eigenvalue weighted by Crippen LogP contribution is -2.13. The molecule has 0 saturated heterocycles. The van der Waals surface area contributed by atoms with Crippen molar-refractivity contribution in [2.24, 2.45) is 5.73 Å². The van der Waals surface area contributed by atoms with Crippen LogP contribution in [0.5, 0.6) is 0 Å². The van der Waals surface area contributed by atoms with Crippen LogP contribution in [0.1, 0.15) is 5.56 Å². The molecule has 0 unspecified atom stereocenters. The molecule has 0 radical (unpaired) electrons. The van der Waals surface area contributed by atoms with Crippen molar-refractivity contribution in [2.45, 2.75) is 4.90 Å². The molecular weight excluding hydrogens is 298 g/mol. The van der Waals surface area contributed by atoms with Crippen molar-refractivity contribution in [3.8, 4) is 0 Å². The molecule has 2 rings (SSSR count). The van der Waals surface area contributed by atoms with Crippen LogP contribution in [0.3, 0.4) is 0 Å². The number of nitrogens with two attached hydrogens (primary N) is 1. The third kappa shape index (κ3) is 3.68. The molecule has 5 heteroatoms. The van der Waals surface area contributed by atoms with E-state index in [1.54, 1.807) is 11.8 Å². The maximum absolute atomic E-state index is 5.89. The van der Waals surface area contributed by atoms with Crippen molar-refractivity contribution >= 4 is 46.0 Å². The van der Waals surface area contributed by atoms with E-state index >= 15 is 0 Å². The molecule has 2 aromatic carbocycles. The van der Waals surface area contributed by atoms with Crippen LogP contribution in [0.4, 0.5) is 17.1 Å². The van der Waals surface area contributed by atoms with Gasteiger partial charge >= 0.3 is 0 Å². The van der Waals surface area contributed by atoms with Gasteiger partial charge in [0.1, 0.15) is 4.99 Å². The number of nitrogens with one attached hydrogen (secondary N) is 1. The minimum absolute atomic E-state index is 0.409. The van der Waals surface area contributed by atoms with Gasteiger partial charge < -0.3 is 16.0 Å². The number of anilines is 3. The topological polar surface area (TPSA) is 41.3 Å². The Kier molecular flexibility index (Phi) is 5.09. The molecule has 21 heavy (non-hydrogen) atoms. The summed E-state index contributed by atoms with van der Waals surface area (Å²) in [4.78, 5) is 3.56. The van der Waals surface area contributed by atoms with Gasteiger partial charge in [0.25, 0.3) is 0 Å². The van der Waals surface area contributed by atoms with E-state index in [0.29, 0.717) is 4.99 Å². The molecule has 2 aromatic rings. The van der Waals surface area contributed by atoms with E-state index in [2.05, 4.69) is 22.3 Å². The first-order valence-corrected chi connectivity index (χ1v) is 8.17. The van der Waals surface area contributed by atoms with Gasteiger partial charge in [-0.25, -0.2) is 0 Å². The zero-order valence-corrected chi connectivity index (χ0v) is 14.0. The highest BCUT2D eigenvalue weighted by Gasteiger charge is 2.11. The number of hydrogen-bond acceptors (Lipinski definition) is 4. The molecular formula is C16H19N3S2. The van der Waals surface area contributed by atoms with E-state index in [1.807, 2.05) is 50.7 Å². The first-order chi connectivity index (χ1) is 10.0. The van der Waals surface area contributed by atoms with Gasteiger partial charge in [0.15, 0.2) is 0 Å². The van der Waals surface area contributed by atoms with E-state index in [4.69, 9.17) is 18.0 Å². The summed E-state index contributed by atoms with van der Waals surface area (Å²) < 4.78 is 0. The van der Waals surface area contributed by atoms with Crippen LogP contribution in [-0.2, 0) is 0 Å². The quantitative estimate of drug-likeness (QED) is 0.647. The molecule has 0 saturated carbocycles. The molecule has 0 atom stereocenters. The molecule has 3 N–H and O–H groups in total. The highest BCUT2D eigenvalue weighted by molar-refractivity contribution is 7.98. The zero-order chi connectivity index (χ0) is 15.4. The fourth-order valence-corrected chi connectivity index (χ4v) is 3.00. The minimum Gasteiger partial charge on any atom is -0.389 e. The second-order valence-electron chi connectivity index (χ2n) is 4.82. The summed E-state index contributed by atoms with van der Waals surface area (Å²) >= 11 is 6.84. The number of thioether (sulfide) groups is 1. The maximum atomic E-state index is 5.89. The Balaban J connectivity index is 2.40. The SMILES string of the molecule is CSc1cccc(Nc2cccc(N(C)C)c2)c1C(N)=S. The standard InChI is InChI=1S/C16H19N3S2/c1-19(2)12-7-4-6-11(10-12)18-13-8-5-9-14(21-3)15(13)16(17)20/h4-10,18H,1-3H3,(H2,17,20). The molecule has 3 nitrogen and oxygen atoms in total. The van der Waals surface area contributed by atoms with Crippen LogP contribution >= 0.6 is 24.0 Å². The molecule has 0 spiro atoms. The summed E-state index contributed by atoms with van der Waals surface area (Å²) in [6.07, 6.45) is 2.02. The van der Waals surface area contributed by atoms with Crippen molar-refractivity contribution in [3.05, 3.63) is 48.0 Å². The van der Waals surface area contributed by atoms with E-state index < -0.39 is 0 Å². The van der Waals surface area contributed by atoms with Crippen molar-refractivity contribution in [2.75, 3.05) is 30.6 Å². The molecule has 0 amide bonds. The smallest absolute Gasteiger partial charge is 0.107 e. The Morgan fingerprint density at radius 2 is 1.90 bits per heavy atom. The van der Waals surface area contributed by atoms with Gasteiger partial charge in [0.2, 0.25) is 0 Å². The van der Waals surface area contributed by atoms with Crippen LogP contribution in [0.15, 0.2) is 47.4 Å². The van der Waals surface area contributed by atoms with Crippen LogP contribution in [0, 0.1) is 0 Å².